The number of rotatable bonds is 5. The first-order valence-electron chi connectivity index (χ1n) is 6.36. The maximum atomic E-state index is 5.83. The van der Waals surface area contributed by atoms with Gasteiger partial charge < -0.3 is 10.1 Å². The summed E-state index contributed by atoms with van der Waals surface area (Å²) < 4.78 is 5.83. The molecule has 0 aromatic heterocycles. The summed E-state index contributed by atoms with van der Waals surface area (Å²) in [5, 5.41) is 3.30. The summed E-state index contributed by atoms with van der Waals surface area (Å²) >= 11 is 0. The van der Waals surface area contributed by atoms with E-state index < -0.39 is 0 Å². The van der Waals surface area contributed by atoms with Crippen molar-refractivity contribution in [3.8, 4) is 0 Å². The summed E-state index contributed by atoms with van der Waals surface area (Å²) in [4.78, 5) is 0. The molecule has 0 aliphatic rings. The van der Waals surface area contributed by atoms with Crippen LogP contribution in [-0.4, -0.2) is 19.3 Å². The van der Waals surface area contributed by atoms with Crippen LogP contribution in [0.5, 0.6) is 0 Å². The highest BCUT2D eigenvalue weighted by Crippen LogP contribution is 2.17. The Kier molecular flexibility index (Phi) is 5.16. The van der Waals surface area contributed by atoms with E-state index in [1.54, 1.807) is 0 Å². The number of hydrogen-bond acceptors (Lipinski definition) is 2. The van der Waals surface area contributed by atoms with Gasteiger partial charge in [-0.25, -0.2) is 0 Å². The molecule has 1 aromatic carbocycles. The van der Waals surface area contributed by atoms with Gasteiger partial charge in [-0.15, -0.1) is 0 Å². The molecular weight excluding hydrogens is 210 g/mol. The van der Waals surface area contributed by atoms with Gasteiger partial charge in [0.1, 0.15) is 0 Å². The second-order valence-corrected chi connectivity index (χ2v) is 5.36. The van der Waals surface area contributed by atoms with E-state index in [0.717, 1.165) is 6.42 Å². The Morgan fingerprint density at radius 3 is 2.18 bits per heavy atom. The Bertz CT molecular complexity index is 324. The van der Waals surface area contributed by atoms with E-state index in [1.165, 1.54) is 11.1 Å². The number of likely N-dealkylation sites (N-methyl/N-ethyl adjacent to an activating group) is 1. The van der Waals surface area contributed by atoms with E-state index in [2.05, 4.69) is 57.3 Å². The Balaban J connectivity index is 2.66. The molecule has 0 amide bonds. The molecule has 0 spiro atoms. The van der Waals surface area contributed by atoms with Gasteiger partial charge >= 0.3 is 0 Å². The lowest BCUT2D eigenvalue weighted by Crippen LogP contribution is -2.28. The predicted octanol–water partition coefficient (Wildman–Crippen LogP) is 3.32. The summed E-state index contributed by atoms with van der Waals surface area (Å²) in [7, 11) is 1.98. The number of ether oxygens (including phenoxy) is 1. The van der Waals surface area contributed by atoms with Crippen molar-refractivity contribution in [2.75, 3.05) is 13.7 Å². The number of aryl methyl sites for hydroxylation is 1. The number of benzene rings is 1. The van der Waals surface area contributed by atoms with Gasteiger partial charge in [-0.05, 0) is 45.4 Å². The van der Waals surface area contributed by atoms with Crippen molar-refractivity contribution in [3.63, 3.8) is 0 Å². The topological polar surface area (TPSA) is 21.3 Å². The molecule has 1 aromatic rings. The zero-order chi connectivity index (χ0) is 12.9. The van der Waals surface area contributed by atoms with Crippen molar-refractivity contribution in [1.82, 2.24) is 5.32 Å². The molecule has 96 valence electrons. The maximum absolute atomic E-state index is 5.83. The molecular formula is C15H25NO. The van der Waals surface area contributed by atoms with Crippen molar-refractivity contribution in [1.29, 1.82) is 0 Å². The van der Waals surface area contributed by atoms with Crippen LogP contribution in [0.2, 0.25) is 0 Å². The minimum atomic E-state index is -0.0849. The maximum Gasteiger partial charge on any atom is 0.0668 e. The minimum Gasteiger partial charge on any atom is -0.374 e. The fourth-order valence-corrected chi connectivity index (χ4v) is 1.67. The van der Waals surface area contributed by atoms with Crippen LogP contribution in [0.3, 0.4) is 0 Å². The largest absolute Gasteiger partial charge is 0.374 e. The van der Waals surface area contributed by atoms with E-state index in [4.69, 9.17) is 4.74 Å². The molecule has 0 saturated carbocycles. The zero-order valence-corrected chi connectivity index (χ0v) is 11.7. The molecule has 1 atom stereocenters. The molecule has 2 heteroatoms. The Hall–Kier alpha value is -0.860. The van der Waals surface area contributed by atoms with Crippen LogP contribution in [0.15, 0.2) is 24.3 Å². The van der Waals surface area contributed by atoms with Crippen molar-refractivity contribution in [3.05, 3.63) is 35.4 Å². The average Bonchev–Trinajstić information content (AvgIpc) is 2.29. The second kappa shape index (κ2) is 6.18. The van der Waals surface area contributed by atoms with Gasteiger partial charge in [0.25, 0.3) is 0 Å². The van der Waals surface area contributed by atoms with Crippen molar-refractivity contribution >= 4 is 0 Å². The second-order valence-electron chi connectivity index (χ2n) is 5.36. The van der Waals surface area contributed by atoms with Gasteiger partial charge in [-0.3, -0.25) is 0 Å². The molecule has 0 fully saturated rings. The summed E-state index contributed by atoms with van der Waals surface area (Å²) in [5.41, 5.74) is 2.58. The van der Waals surface area contributed by atoms with Gasteiger partial charge in [-0.1, -0.05) is 31.2 Å². The van der Waals surface area contributed by atoms with Gasteiger partial charge in [-0.2, -0.15) is 0 Å². The van der Waals surface area contributed by atoms with E-state index in [1.807, 2.05) is 7.05 Å². The van der Waals surface area contributed by atoms with Crippen LogP contribution in [-0.2, 0) is 11.2 Å². The SMILES string of the molecule is CCc1ccc(C(COC(C)(C)C)NC)cc1. The van der Waals surface area contributed by atoms with Crippen LogP contribution >= 0.6 is 0 Å². The average molecular weight is 235 g/mol. The van der Waals surface area contributed by atoms with E-state index >= 15 is 0 Å². The number of nitrogens with one attached hydrogen (secondary N) is 1. The smallest absolute Gasteiger partial charge is 0.0668 e. The first kappa shape index (κ1) is 14.2. The third-order valence-corrected chi connectivity index (χ3v) is 2.82. The van der Waals surface area contributed by atoms with Crippen LogP contribution in [0.25, 0.3) is 0 Å². The van der Waals surface area contributed by atoms with E-state index in [0.29, 0.717) is 6.61 Å². The Labute approximate surface area is 105 Å². The monoisotopic (exact) mass is 235 g/mol. The fourth-order valence-electron chi connectivity index (χ4n) is 1.67. The summed E-state index contributed by atoms with van der Waals surface area (Å²) in [5.74, 6) is 0. The minimum absolute atomic E-state index is 0.0849. The first-order chi connectivity index (χ1) is 7.96. The van der Waals surface area contributed by atoms with Gasteiger partial charge in [0.15, 0.2) is 0 Å². The highest BCUT2D eigenvalue weighted by Gasteiger charge is 2.15. The lowest BCUT2D eigenvalue weighted by Gasteiger charge is -2.24. The standard InChI is InChI=1S/C15H25NO/c1-6-12-7-9-13(10-8-12)14(16-5)11-17-15(2,3)4/h7-10,14,16H,6,11H2,1-5H3. The third kappa shape index (κ3) is 4.88. The Morgan fingerprint density at radius 2 is 1.76 bits per heavy atom. The van der Waals surface area contributed by atoms with Gasteiger partial charge in [0, 0.05) is 0 Å². The predicted molar refractivity (Wildman–Crippen MR) is 73.3 cm³/mol. The van der Waals surface area contributed by atoms with Crippen LogP contribution in [0.4, 0.5) is 0 Å². The first-order valence-corrected chi connectivity index (χ1v) is 6.36. The van der Waals surface area contributed by atoms with E-state index in [9.17, 15) is 0 Å². The van der Waals surface area contributed by atoms with Gasteiger partial charge in [0.05, 0.1) is 18.2 Å². The highest BCUT2D eigenvalue weighted by atomic mass is 16.5. The van der Waals surface area contributed by atoms with Crippen molar-refractivity contribution < 1.29 is 4.74 Å². The quantitative estimate of drug-likeness (QED) is 0.845. The molecule has 0 aliphatic carbocycles. The summed E-state index contributed by atoms with van der Waals surface area (Å²) in [6.07, 6.45) is 1.09. The van der Waals surface area contributed by atoms with Crippen molar-refractivity contribution in [2.24, 2.45) is 0 Å². The molecule has 0 bridgehead atoms. The zero-order valence-electron chi connectivity index (χ0n) is 11.7. The molecule has 0 saturated heterocycles. The van der Waals surface area contributed by atoms with Crippen molar-refractivity contribution in [2.45, 2.75) is 45.8 Å². The lowest BCUT2D eigenvalue weighted by molar-refractivity contribution is -0.0139. The third-order valence-electron chi connectivity index (χ3n) is 2.82. The highest BCUT2D eigenvalue weighted by molar-refractivity contribution is 5.25. The Morgan fingerprint density at radius 1 is 1.18 bits per heavy atom. The molecule has 1 rings (SSSR count). The van der Waals surface area contributed by atoms with Gasteiger partial charge in [0.2, 0.25) is 0 Å². The lowest BCUT2D eigenvalue weighted by atomic mass is 10.0. The summed E-state index contributed by atoms with van der Waals surface area (Å²) in [6, 6.07) is 9.02. The fraction of sp³-hybridized carbons (Fsp3) is 0.600. The van der Waals surface area contributed by atoms with Crippen LogP contribution in [0, 0.1) is 0 Å². The molecule has 0 heterocycles. The van der Waals surface area contributed by atoms with Crippen LogP contribution < -0.4 is 5.32 Å². The molecule has 1 N–H and O–H groups in total. The molecule has 2 nitrogen and oxygen atoms in total. The normalized spacial score (nSPS) is 13.7. The molecule has 17 heavy (non-hydrogen) atoms. The van der Waals surface area contributed by atoms with Crippen LogP contribution in [0.1, 0.15) is 44.9 Å². The number of hydrogen-bond donors (Lipinski definition) is 1. The molecule has 0 aliphatic heterocycles. The molecule has 1 unspecified atom stereocenters. The summed E-state index contributed by atoms with van der Waals surface area (Å²) in [6.45, 7) is 9.12. The van der Waals surface area contributed by atoms with E-state index in [-0.39, 0.29) is 11.6 Å². The molecule has 0 radical (unpaired) electrons.